The molecule has 12 atom stereocenters. The molecule has 29 heteroatoms. The van der Waals surface area contributed by atoms with Gasteiger partial charge in [0.25, 0.3) is 16.7 Å². The normalized spacial score (nSPS) is 28.7. The van der Waals surface area contributed by atoms with Crippen LogP contribution >= 0.6 is 42.6 Å². The number of nitrogens with one attached hydrogen (secondary N) is 3. The maximum absolute atomic E-state index is 14.6. The Morgan fingerprint density at radius 2 is 0.735 bits per heavy atom. The fourth-order valence-corrected chi connectivity index (χ4v) is 10.0. The van der Waals surface area contributed by atoms with Gasteiger partial charge in [-0.3, -0.25) is 56.6 Å². The summed E-state index contributed by atoms with van der Waals surface area (Å²) in [5.41, 5.74) is -5.74. The number of nitrogens with zero attached hydrogens (tertiary/aromatic N) is 3. The minimum Gasteiger partial charge on any atom is -0.387 e. The second-order valence-corrected chi connectivity index (χ2v) is 18.8. The summed E-state index contributed by atoms with van der Waals surface area (Å²) < 4.78 is 51.3. The van der Waals surface area contributed by atoms with Crippen molar-refractivity contribution >= 4 is 75.3 Å². The number of phosphoric acid groups is 1. The fraction of sp³-hybridized carbons (Fsp3) is 0.385. The third kappa shape index (κ3) is 8.61. The SMILES string of the molecule is O=c1[nH]c(=O)n([C@@H]2O[C@H](COP(=O)(OC[C@H]3O[C@@H](n4c(=O)[nH]c(=O)c5cc(Cl)ccc54)[C@H](O)[C@@H]3O)OC[C@H]3O[C@@H](n4c(=O)[nH]c(=O)c5cc(Cl)ccc54)[C@H](O)[C@@H]3O)[C@@H](O)[C@H]2O)c2ccc(Cl)cc12. The predicted molar refractivity (Wildman–Crippen MR) is 235 cm³/mol. The van der Waals surface area contributed by atoms with Crippen LogP contribution in [0.4, 0.5) is 0 Å². The van der Waals surface area contributed by atoms with Gasteiger partial charge >= 0.3 is 24.9 Å². The Morgan fingerprint density at radius 1 is 0.471 bits per heavy atom. The molecule has 3 saturated heterocycles. The number of halogens is 3. The van der Waals surface area contributed by atoms with Crippen LogP contribution in [-0.2, 0) is 32.3 Å². The van der Waals surface area contributed by atoms with Gasteiger partial charge in [-0.05, 0) is 54.6 Å². The van der Waals surface area contributed by atoms with Crippen molar-refractivity contribution in [3.8, 4) is 0 Å². The summed E-state index contributed by atoms with van der Waals surface area (Å²) in [4.78, 5) is 83.2. The van der Waals surface area contributed by atoms with Gasteiger partial charge in [-0.25, -0.2) is 18.9 Å². The molecule has 6 aromatic rings. The highest BCUT2D eigenvalue weighted by Gasteiger charge is 2.50. The van der Waals surface area contributed by atoms with Gasteiger partial charge in [-0.2, -0.15) is 0 Å². The van der Waals surface area contributed by atoms with Crippen LogP contribution in [0, 0.1) is 0 Å². The Balaban J connectivity index is 0.982. The molecule has 6 heterocycles. The predicted octanol–water partition coefficient (Wildman–Crippen LogP) is -0.928. The largest absolute Gasteiger partial charge is 0.475 e. The van der Waals surface area contributed by atoms with E-state index in [1.807, 2.05) is 0 Å². The molecule has 362 valence electrons. The zero-order valence-electron chi connectivity index (χ0n) is 34.2. The second-order valence-electron chi connectivity index (χ2n) is 15.8. The molecule has 0 saturated carbocycles. The van der Waals surface area contributed by atoms with Crippen LogP contribution in [0.25, 0.3) is 32.7 Å². The average Bonchev–Trinajstić information content (AvgIpc) is 3.85. The van der Waals surface area contributed by atoms with E-state index < -0.39 is 135 Å². The van der Waals surface area contributed by atoms with Gasteiger partial charge in [-0.1, -0.05) is 34.8 Å². The highest BCUT2D eigenvalue weighted by Crippen LogP contribution is 2.52. The van der Waals surface area contributed by atoms with Crippen LogP contribution in [0.2, 0.25) is 15.1 Å². The minimum absolute atomic E-state index is 0.0497. The molecule has 25 nitrogen and oxygen atoms in total. The number of benzene rings is 3. The lowest BCUT2D eigenvalue weighted by Crippen LogP contribution is -2.38. The van der Waals surface area contributed by atoms with Crippen molar-refractivity contribution in [1.82, 2.24) is 28.7 Å². The van der Waals surface area contributed by atoms with E-state index in [1.165, 1.54) is 54.6 Å². The van der Waals surface area contributed by atoms with Gasteiger partial charge < -0.3 is 44.8 Å². The summed E-state index contributed by atoms with van der Waals surface area (Å²) in [6.45, 7) is -2.89. The standard InChI is InChI=1S/C39H36Cl3N6O19P/c40-13-1-4-19-16(7-13)31(55)43-37(58)46(19)34-28(52)25(49)22(65-34)10-62-68(61,63-11-23-26(50)29(53)35(66-23)47-20-5-2-14(41)8-17(20)32(56)44-38(47)59)64-12-24-27(51)30(54)36(67-24)48-21-6-3-15(42)9-18(21)33(57)45-39(48)60/h1-9,22-30,34-36,49-54H,10-12H2,(H,43,55,58)(H,44,56,59)(H,45,57,60)/t22-,23-,24-,25-,26-,27-,28-,29-,30-,34-,35-,36-/m1/s1. The summed E-state index contributed by atoms with van der Waals surface area (Å²) in [7, 11) is -5.18. The van der Waals surface area contributed by atoms with Crippen molar-refractivity contribution in [1.29, 1.82) is 0 Å². The van der Waals surface area contributed by atoms with E-state index in [0.717, 1.165) is 13.7 Å². The molecule has 3 aromatic heterocycles. The van der Waals surface area contributed by atoms with Gasteiger partial charge in [0.15, 0.2) is 18.7 Å². The third-order valence-corrected chi connectivity index (χ3v) is 13.8. The first-order valence-corrected chi connectivity index (χ1v) is 22.8. The molecule has 0 unspecified atom stereocenters. The maximum atomic E-state index is 14.6. The van der Waals surface area contributed by atoms with Crippen LogP contribution in [0.15, 0.2) is 83.4 Å². The first kappa shape index (κ1) is 48.1. The Bertz CT molecular complexity index is 3050. The Labute approximate surface area is 391 Å². The van der Waals surface area contributed by atoms with Gasteiger partial charge in [0, 0.05) is 15.1 Å². The minimum atomic E-state index is -5.18. The fourth-order valence-electron chi connectivity index (χ4n) is 8.31. The van der Waals surface area contributed by atoms with E-state index in [-0.39, 0.29) is 47.8 Å². The molecule has 0 bridgehead atoms. The van der Waals surface area contributed by atoms with Crippen molar-refractivity contribution < 1.29 is 63.0 Å². The number of phosphoric ester groups is 1. The van der Waals surface area contributed by atoms with Gasteiger partial charge in [0.2, 0.25) is 0 Å². The summed E-state index contributed by atoms with van der Waals surface area (Å²) in [6, 6.07) is 11.7. The molecule has 9 N–H and O–H groups in total. The number of aromatic amines is 3. The zero-order chi connectivity index (χ0) is 48.7. The summed E-state index contributed by atoms with van der Waals surface area (Å²) >= 11 is 18.2. The lowest BCUT2D eigenvalue weighted by atomic mass is 10.1. The first-order valence-electron chi connectivity index (χ1n) is 20.2. The quantitative estimate of drug-likeness (QED) is 0.0669. The van der Waals surface area contributed by atoms with Crippen molar-refractivity contribution in [3.05, 3.63) is 132 Å². The van der Waals surface area contributed by atoms with Crippen molar-refractivity contribution in [3.63, 3.8) is 0 Å². The summed E-state index contributed by atoms with van der Waals surface area (Å²) in [5, 5.41) is 66.8. The van der Waals surface area contributed by atoms with Crippen molar-refractivity contribution in [2.45, 2.75) is 73.6 Å². The molecule has 68 heavy (non-hydrogen) atoms. The number of ether oxygens (including phenoxy) is 3. The molecule has 0 radical (unpaired) electrons. The number of hydrogen-bond acceptors (Lipinski definition) is 19. The van der Waals surface area contributed by atoms with E-state index in [4.69, 9.17) is 62.6 Å². The molecule has 3 aliphatic heterocycles. The van der Waals surface area contributed by atoms with E-state index >= 15 is 0 Å². The van der Waals surface area contributed by atoms with E-state index in [2.05, 4.69) is 15.0 Å². The average molecular weight is 1030 g/mol. The summed E-state index contributed by atoms with van der Waals surface area (Å²) in [6.07, 6.45) is -21.3. The molecule has 0 amide bonds. The number of aliphatic hydroxyl groups is 6. The lowest BCUT2D eigenvalue weighted by molar-refractivity contribution is -0.0734. The number of rotatable bonds is 12. The molecular formula is C39H36Cl3N6O19P. The van der Waals surface area contributed by atoms with Gasteiger partial charge in [-0.15, -0.1) is 0 Å². The number of fused-ring (bicyclic) bond motifs is 3. The van der Waals surface area contributed by atoms with E-state index in [9.17, 15) is 64.0 Å². The lowest BCUT2D eigenvalue weighted by Gasteiger charge is -2.24. The number of aliphatic hydroxyl groups excluding tert-OH is 6. The Morgan fingerprint density at radius 3 is 1.00 bits per heavy atom. The van der Waals surface area contributed by atoms with Crippen molar-refractivity contribution in [2.75, 3.05) is 19.8 Å². The molecule has 0 aliphatic carbocycles. The highest BCUT2D eigenvalue weighted by molar-refractivity contribution is 7.48. The molecule has 9 rings (SSSR count). The van der Waals surface area contributed by atoms with E-state index in [1.54, 1.807) is 0 Å². The topological polar surface area (TPSA) is 358 Å². The molecular weight excluding hydrogens is 994 g/mol. The molecule has 3 aromatic carbocycles. The third-order valence-electron chi connectivity index (χ3n) is 11.7. The monoisotopic (exact) mass is 1030 g/mol. The first-order chi connectivity index (χ1) is 32.2. The Kier molecular flexibility index (Phi) is 13.1. The van der Waals surface area contributed by atoms with Gasteiger partial charge in [0.1, 0.15) is 54.9 Å². The Hall–Kier alpha value is -4.90. The number of hydrogen-bond donors (Lipinski definition) is 9. The molecule has 0 spiro atoms. The van der Waals surface area contributed by atoms with E-state index in [0.29, 0.717) is 0 Å². The van der Waals surface area contributed by atoms with Crippen LogP contribution in [-0.4, -0.2) is 134 Å². The second kappa shape index (κ2) is 18.4. The molecule has 3 fully saturated rings. The van der Waals surface area contributed by atoms with Crippen LogP contribution in [0.3, 0.4) is 0 Å². The van der Waals surface area contributed by atoms with Gasteiger partial charge in [0.05, 0.1) is 52.5 Å². The van der Waals surface area contributed by atoms with Crippen LogP contribution in [0.5, 0.6) is 0 Å². The zero-order valence-corrected chi connectivity index (χ0v) is 37.3. The smallest absolute Gasteiger partial charge is 0.387 e. The molecule has 3 aliphatic rings. The number of aromatic nitrogens is 6. The highest BCUT2D eigenvalue weighted by atomic mass is 35.5. The van der Waals surface area contributed by atoms with Crippen molar-refractivity contribution in [2.24, 2.45) is 0 Å². The number of H-pyrrole nitrogens is 3. The summed E-state index contributed by atoms with van der Waals surface area (Å²) in [5.74, 6) is 0. The maximum Gasteiger partial charge on any atom is 0.475 e. The van der Waals surface area contributed by atoms with Crippen LogP contribution in [0.1, 0.15) is 18.7 Å². The van der Waals surface area contributed by atoms with Crippen LogP contribution < -0.4 is 33.7 Å².